The fourth-order valence-corrected chi connectivity index (χ4v) is 2.35. The molecule has 112 valence electrons. The molecule has 1 rings (SSSR count). The lowest BCUT2D eigenvalue weighted by molar-refractivity contribution is -0.120. The summed E-state index contributed by atoms with van der Waals surface area (Å²) in [7, 11) is 7.71. The van der Waals surface area contributed by atoms with E-state index in [1.807, 2.05) is 38.0 Å². The summed E-state index contributed by atoms with van der Waals surface area (Å²) in [6, 6.07) is 0.364. The van der Waals surface area contributed by atoms with Crippen molar-refractivity contribution >= 4 is 35.8 Å². The lowest BCUT2D eigenvalue weighted by atomic mass is 9.95. The number of hydrogen-bond acceptors (Lipinski definition) is 2. The van der Waals surface area contributed by atoms with Crippen LogP contribution in [-0.4, -0.2) is 62.4 Å². The number of carbonyl (C=O) groups excluding carboxylic acids is 1. The van der Waals surface area contributed by atoms with Crippen LogP contribution in [0.15, 0.2) is 4.99 Å². The summed E-state index contributed by atoms with van der Waals surface area (Å²) in [5, 5.41) is 3.07. The van der Waals surface area contributed by atoms with Crippen LogP contribution < -0.4 is 5.32 Å². The highest BCUT2D eigenvalue weighted by molar-refractivity contribution is 14.0. The molecule has 1 amide bonds. The number of hydrogen-bond donors (Lipinski definition) is 1. The van der Waals surface area contributed by atoms with Gasteiger partial charge in [-0.15, -0.1) is 24.0 Å². The molecule has 5 nitrogen and oxygen atoms in total. The van der Waals surface area contributed by atoms with E-state index in [0.29, 0.717) is 6.04 Å². The maximum atomic E-state index is 11.8. The quantitative estimate of drug-likeness (QED) is 0.458. The van der Waals surface area contributed by atoms with Crippen molar-refractivity contribution < 1.29 is 4.79 Å². The molecular formula is C13H27IN4O. The Bertz CT molecular complexity index is 289. The predicted molar refractivity (Wildman–Crippen MR) is 90.1 cm³/mol. The molecule has 0 atom stereocenters. The first kappa shape index (κ1) is 18.5. The highest BCUT2D eigenvalue weighted by Crippen LogP contribution is 2.17. The number of nitrogens with one attached hydrogen (secondary N) is 1. The molecule has 0 unspecified atom stereocenters. The van der Waals surface area contributed by atoms with Gasteiger partial charge in [0.2, 0.25) is 5.91 Å². The monoisotopic (exact) mass is 382 g/mol. The number of amides is 1. The number of aliphatic imine (C=N–C) groups is 1. The second-order valence-corrected chi connectivity index (χ2v) is 5.31. The average molecular weight is 382 g/mol. The summed E-state index contributed by atoms with van der Waals surface area (Å²) in [5.41, 5.74) is 0. The Labute approximate surface area is 133 Å². The first-order valence-electron chi connectivity index (χ1n) is 6.69. The van der Waals surface area contributed by atoms with Gasteiger partial charge in [0.25, 0.3) is 0 Å². The van der Waals surface area contributed by atoms with Gasteiger partial charge < -0.3 is 15.1 Å². The molecule has 0 aliphatic heterocycles. The molecule has 0 bridgehead atoms. The van der Waals surface area contributed by atoms with Crippen molar-refractivity contribution in [2.24, 2.45) is 4.99 Å². The standard InChI is InChI=1S/C13H26N4O.HI/c1-16(2)13(17(3)4)14-10-12(18)15-11-8-6-5-7-9-11;/h11H,5-10H2,1-4H3,(H,15,18);1H. The van der Waals surface area contributed by atoms with Crippen molar-refractivity contribution in [1.82, 2.24) is 15.1 Å². The molecule has 0 spiro atoms. The molecule has 1 N–H and O–H groups in total. The molecule has 0 aromatic carbocycles. The van der Waals surface area contributed by atoms with E-state index in [1.165, 1.54) is 19.3 Å². The Morgan fingerprint density at radius 2 is 1.63 bits per heavy atom. The topological polar surface area (TPSA) is 47.9 Å². The van der Waals surface area contributed by atoms with Crippen LogP contribution in [-0.2, 0) is 4.79 Å². The van der Waals surface area contributed by atoms with Gasteiger partial charge in [0, 0.05) is 34.2 Å². The van der Waals surface area contributed by atoms with E-state index in [1.54, 1.807) is 0 Å². The molecule has 1 fully saturated rings. The molecule has 0 aromatic heterocycles. The minimum Gasteiger partial charge on any atom is -0.352 e. The number of carbonyl (C=O) groups is 1. The second kappa shape index (κ2) is 9.39. The summed E-state index contributed by atoms with van der Waals surface area (Å²) in [6.45, 7) is 0.211. The molecule has 1 aliphatic rings. The van der Waals surface area contributed by atoms with Gasteiger partial charge in [0.15, 0.2) is 5.96 Å². The van der Waals surface area contributed by atoms with Crippen molar-refractivity contribution in [2.45, 2.75) is 38.1 Å². The van der Waals surface area contributed by atoms with Gasteiger partial charge >= 0.3 is 0 Å². The third-order valence-electron chi connectivity index (χ3n) is 3.13. The lowest BCUT2D eigenvalue weighted by Crippen LogP contribution is -2.39. The van der Waals surface area contributed by atoms with Gasteiger partial charge in [-0.3, -0.25) is 4.79 Å². The highest BCUT2D eigenvalue weighted by Gasteiger charge is 2.15. The van der Waals surface area contributed by atoms with Gasteiger partial charge in [-0.25, -0.2) is 4.99 Å². The Balaban J connectivity index is 0.00000324. The van der Waals surface area contributed by atoms with Crippen LogP contribution in [0.3, 0.4) is 0 Å². The molecule has 6 heteroatoms. The molecule has 0 saturated heterocycles. The van der Waals surface area contributed by atoms with Gasteiger partial charge in [0.1, 0.15) is 6.54 Å². The van der Waals surface area contributed by atoms with E-state index >= 15 is 0 Å². The van der Waals surface area contributed by atoms with E-state index in [2.05, 4.69) is 10.3 Å². The molecule has 1 saturated carbocycles. The molecule has 0 heterocycles. The van der Waals surface area contributed by atoms with Gasteiger partial charge in [0.05, 0.1) is 0 Å². The van der Waals surface area contributed by atoms with Crippen molar-refractivity contribution in [1.29, 1.82) is 0 Å². The van der Waals surface area contributed by atoms with Gasteiger partial charge in [-0.05, 0) is 12.8 Å². The number of halogens is 1. The SMILES string of the molecule is CN(C)C(=NCC(=O)NC1CCCCC1)N(C)C.I. The van der Waals surface area contributed by atoms with Crippen molar-refractivity contribution in [2.75, 3.05) is 34.7 Å². The van der Waals surface area contributed by atoms with Crippen LogP contribution in [0.4, 0.5) is 0 Å². The first-order chi connectivity index (χ1) is 8.50. The number of rotatable bonds is 3. The van der Waals surface area contributed by atoms with Crippen molar-refractivity contribution in [3.63, 3.8) is 0 Å². The summed E-state index contributed by atoms with van der Waals surface area (Å²) >= 11 is 0. The molecule has 19 heavy (non-hydrogen) atoms. The molecule has 1 aliphatic carbocycles. The third kappa shape index (κ3) is 6.98. The summed E-state index contributed by atoms with van der Waals surface area (Å²) in [5.74, 6) is 0.844. The fourth-order valence-electron chi connectivity index (χ4n) is 2.35. The van der Waals surface area contributed by atoms with Crippen LogP contribution >= 0.6 is 24.0 Å². The van der Waals surface area contributed by atoms with Gasteiger partial charge in [-0.1, -0.05) is 19.3 Å². The van der Waals surface area contributed by atoms with Crippen molar-refractivity contribution in [3.05, 3.63) is 0 Å². The Hall–Kier alpha value is -0.530. The van der Waals surface area contributed by atoms with Crippen LogP contribution in [0, 0.1) is 0 Å². The third-order valence-corrected chi connectivity index (χ3v) is 3.13. The van der Waals surface area contributed by atoms with Crippen molar-refractivity contribution in [3.8, 4) is 0 Å². The average Bonchev–Trinajstić information content (AvgIpc) is 2.29. The minimum atomic E-state index is 0. The summed E-state index contributed by atoms with van der Waals surface area (Å²) < 4.78 is 0. The Kier molecular flexibility index (Phi) is 9.12. The van der Waals surface area contributed by atoms with Crippen LogP contribution in [0.25, 0.3) is 0 Å². The van der Waals surface area contributed by atoms with E-state index in [9.17, 15) is 4.79 Å². The second-order valence-electron chi connectivity index (χ2n) is 5.31. The normalized spacial score (nSPS) is 15.2. The van der Waals surface area contributed by atoms with E-state index < -0.39 is 0 Å². The predicted octanol–water partition coefficient (Wildman–Crippen LogP) is 1.53. The maximum absolute atomic E-state index is 11.8. The smallest absolute Gasteiger partial charge is 0.242 e. The van der Waals surface area contributed by atoms with Crippen LogP contribution in [0.2, 0.25) is 0 Å². The van der Waals surface area contributed by atoms with E-state index in [4.69, 9.17) is 0 Å². The van der Waals surface area contributed by atoms with E-state index in [0.717, 1.165) is 18.8 Å². The largest absolute Gasteiger partial charge is 0.352 e. The number of guanidine groups is 1. The zero-order valence-electron chi connectivity index (χ0n) is 12.5. The van der Waals surface area contributed by atoms with Crippen LogP contribution in [0.5, 0.6) is 0 Å². The van der Waals surface area contributed by atoms with Gasteiger partial charge in [-0.2, -0.15) is 0 Å². The Morgan fingerprint density at radius 3 is 2.11 bits per heavy atom. The lowest BCUT2D eigenvalue weighted by Gasteiger charge is -2.24. The molecular weight excluding hydrogens is 355 g/mol. The Morgan fingerprint density at radius 1 is 1.11 bits per heavy atom. The molecule has 0 aromatic rings. The minimum absolute atomic E-state index is 0. The first-order valence-corrected chi connectivity index (χ1v) is 6.69. The fraction of sp³-hybridized carbons (Fsp3) is 0.846. The summed E-state index contributed by atoms with van der Waals surface area (Å²) in [6.07, 6.45) is 5.99. The van der Waals surface area contributed by atoms with Crippen LogP contribution in [0.1, 0.15) is 32.1 Å². The highest BCUT2D eigenvalue weighted by atomic mass is 127. The van der Waals surface area contributed by atoms with E-state index in [-0.39, 0.29) is 36.4 Å². The zero-order chi connectivity index (χ0) is 13.5. The number of nitrogens with zero attached hydrogens (tertiary/aromatic N) is 3. The summed E-state index contributed by atoms with van der Waals surface area (Å²) in [4.78, 5) is 20.0. The maximum Gasteiger partial charge on any atom is 0.242 e. The zero-order valence-corrected chi connectivity index (χ0v) is 14.8. The molecule has 0 radical (unpaired) electrons.